The van der Waals surface area contributed by atoms with Crippen molar-refractivity contribution in [2.45, 2.75) is 29.9 Å². The lowest BCUT2D eigenvalue weighted by Crippen LogP contribution is -2.42. The van der Waals surface area contributed by atoms with Crippen molar-refractivity contribution in [2.24, 2.45) is 0 Å². The van der Waals surface area contributed by atoms with E-state index < -0.39 is 34.7 Å². The molecule has 0 spiro atoms. The Hall–Kier alpha value is -2.46. The Bertz CT molecular complexity index is 1110. The third-order valence-corrected chi connectivity index (χ3v) is 7.59. The highest BCUT2D eigenvalue weighted by molar-refractivity contribution is 7.89. The van der Waals surface area contributed by atoms with Crippen LogP contribution in [-0.2, 0) is 30.8 Å². The summed E-state index contributed by atoms with van der Waals surface area (Å²) in [6.45, 7) is -0.248. The molecule has 0 aromatic heterocycles. The van der Waals surface area contributed by atoms with E-state index in [1.807, 2.05) is 24.3 Å². The minimum Gasteiger partial charge on any atom is -0.454 e. The molecule has 4 rings (SSSR count). The highest BCUT2D eigenvalue weighted by atomic mass is 35.5. The molecule has 1 N–H and O–H groups in total. The first-order valence-corrected chi connectivity index (χ1v) is 11.6. The van der Waals surface area contributed by atoms with Crippen LogP contribution in [0.4, 0.5) is 5.69 Å². The molecule has 0 saturated carbocycles. The lowest BCUT2D eigenvalue weighted by Gasteiger charge is -2.23. The summed E-state index contributed by atoms with van der Waals surface area (Å²) in [5, 5.41) is 10.4. The van der Waals surface area contributed by atoms with Crippen molar-refractivity contribution in [3.8, 4) is 0 Å². The van der Waals surface area contributed by atoms with Gasteiger partial charge in [0.15, 0.2) is 6.61 Å². The Morgan fingerprint density at radius 3 is 2.58 bits per heavy atom. The number of nitrogens with zero attached hydrogens (tertiary/aromatic N) is 2. The zero-order valence-electron chi connectivity index (χ0n) is 16.5. The van der Waals surface area contributed by atoms with Gasteiger partial charge in [0, 0.05) is 30.2 Å². The van der Waals surface area contributed by atoms with E-state index in [2.05, 4.69) is 0 Å². The molecule has 2 heterocycles. The molecular weight excluding hydrogens is 444 g/mol. The van der Waals surface area contributed by atoms with Crippen LogP contribution in [-0.4, -0.2) is 61.5 Å². The van der Waals surface area contributed by atoms with Gasteiger partial charge in [0.1, 0.15) is 6.04 Å². The van der Waals surface area contributed by atoms with E-state index in [0.717, 1.165) is 22.0 Å². The molecule has 31 heavy (non-hydrogen) atoms. The van der Waals surface area contributed by atoms with Crippen LogP contribution >= 0.6 is 11.6 Å². The highest BCUT2D eigenvalue weighted by Gasteiger charge is 2.44. The summed E-state index contributed by atoms with van der Waals surface area (Å²) in [5.41, 5.74) is 1.83. The molecule has 0 aliphatic carbocycles. The minimum absolute atomic E-state index is 0.0476. The Morgan fingerprint density at radius 2 is 1.84 bits per heavy atom. The molecule has 2 aliphatic heterocycles. The van der Waals surface area contributed by atoms with E-state index in [1.165, 1.54) is 24.3 Å². The van der Waals surface area contributed by atoms with Crippen LogP contribution < -0.4 is 4.90 Å². The van der Waals surface area contributed by atoms with Crippen molar-refractivity contribution in [3.05, 3.63) is 59.1 Å². The Balaban J connectivity index is 1.45. The number of carbonyl (C=O) groups is 2. The highest BCUT2D eigenvalue weighted by Crippen LogP contribution is 2.29. The number of benzene rings is 2. The lowest BCUT2D eigenvalue weighted by molar-refractivity contribution is -0.151. The van der Waals surface area contributed by atoms with Gasteiger partial charge in [-0.1, -0.05) is 29.8 Å². The first-order valence-electron chi connectivity index (χ1n) is 9.78. The quantitative estimate of drug-likeness (QED) is 0.674. The van der Waals surface area contributed by atoms with Gasteiger partial charge in [0.05, 0.1) is 11.0 Å². The van der Waals surface area contributed by atoms with Crippen LogP contribution in [0.3, 0.4) is 0 Å². The molecular formula is C21H21ClN2O6S. The zero-order chi connectivity index (χ0) is 22.2. The third-order valence-electron chi connectivity index (χ3n) is 5.45. The number of aliphatic hydroxyl groups excluding tert-OH is 1. The van der Waals surface area contributed by atoms with Crippen molar-refractivity contribution < 1.29 is 27.9 Å². The number of aliphatic hydroxyl groups is 1. The largest absolute Gasteiger partial charge is 0.454 e. The number of amides is 1. The van der Waals surface area contributed by atoms with E-state index in [4.69, 9.17) is 16.3 Å². The third kappa shape index (κ3) is 4.31. The maximum Gasteiger partial charge on any atom is 0.325 e. The van der Waals surface area contributed by atoms with Gasteiger partial charge in [-0.2, -0.15) is 4.31 Å². The number of para-hydroxylation sites is 1. The van der Waals surface area contributed by atoms with Crippen LogP contribution in [0.25, 0.3) is 0 Å². The predicted octanol–water partition coefficient (Wildman–Crippen LogP) is 1.60. The number of β-amino-alcohol motifs (C(OH)–C–C–N with tert-alkyl or cyclic N) is 1. The van der Waals surface area contributed by atoms with Crippen molar-refractivity contribution in [3.63, 3.8) is 0 Å². The summed E-state index contributed by atoms with van der Waals surface area (Å²) in [6.07, 6.45) is -0.398. The SMILES string of the molecule is O=C(OCC(=O)N1CCc2ccccc21)[C@@H]1C[C@@H](O)CN1S(=O)(=O)c1ccc(Cl)cc1. The fourth-order valence-electron chi connectivity index (χ4n) is 3.91. The molecule has 2 aromatic carbocycles. The zero-order valence-corrected chi connectivity index (χ0v) is 18.1. The van der Waals surface area contributed by atoms with Gasteiger partial charge in [0.2, 0.25) is 10.0 Å². The number of carbonyl (C=O) groups excluding carboxylic acids is 2. The molecule has 10 heteroatoms. The molecule has 2 aromatic rings. The summed E-state index contributed by atoms with van der Waals surface area (Å²) in [6, 6.07) is 11.8. The molecule has 0 bridgehead atoms. The first-order chi connectivity index (χ1) is 14.8. The van der Waals surface area contributed by atoms with Gasteiger partial charge in [-0.05, 0) is 42.3 Å². The molecule has 8 nitrogen and oxygen atoms in total. The number of rotatable bonds is 5. The lowest BCUT2D eigenvalue weighted by atomic mass is 10.2. The van der Waals surface area contributed by atoms with Gasteiger partial charge in [0.25, 0.3) is 5.91 Å². The molecule has 1 amide bonds. The average Bonchev–Trinajstić information content (AvgIpc) is 3.36. The Morgan fingerprint density at radius 1 is 1.13 bits per heavy atom. The molecule has 2 atom stereocenters. The summed E-state index contributed by atoms with van der Waals surface area (Å²) >= 11 is 5.82. The number of halogens is 1. The van der Waals surface area contributed by atoms with Gasteiger partial charge in [-0.15, -0.1) is 0 Å². The predicted molar refractivity (Wildman–Crippen MR) is 113 cm³/mol. The summed E-state index contributed by atoms with van der Waals surface area (Å²) < 4.78 is 32.1. The van der Waals surface area contributed by atoms with Crippen LogP contribution in [0, 0.1) is 0 Å². The summed E-state index contributed by atoms with van der Waals surface area (Å²) in [5.74, 6) is -1.25. The van der Waals surface area contributed by atoms with Crippen LogP contribution in [0.1, 0.15) is 12.0 Å². The summed E-state index contributed by atoms with van der Waals surface area (Å²) in [7, 11) is -4.06. The number of hydrogen-bond donors (Lipinski definition) is 1. The Kier molecular flexibility index (Phi) is 6.02. The molecule has 164 valence electrons. The Labute approximate surface area is 185 Å². The smallest absolute Gasteiger partial charge is 0.325 e. The summed E-state index contributed by atoms with van der Waals surface area (Å²) in [4.78, 5) is 26.7. The second kappa shape index (κ2) is 8.58. The van der Waals surface area contributed by atoms with Crippen molar-refractivity contribution in [2.75, 3.05) is 24.6 Å². The van der Waals surface area contributed by atoms with Gasteiger partial charge in [-0.3, -0.25) is 9.59 Å². The van der Waals surface area contributed by atoms with Gasteiger partial charge >= 0.3 is 5.97 Å². The fourth-order valence-corrected chi connectivity index (χ4v) is 5.66. The van der Waals surface area contributed by atoms with E-state index in [9.17, 15) is 23.1 Å². The fraction of sp³-hybridized carbons (Fsp3) is 0.333. The monoisotopic (exact) mass is 464 g/mol. The van der Waals surface area contributed by atoms with Crippen molar-refractivity contribution >= 4 is 39.2 Å². The van der Waals surface area contributed by atoms with E-state index in [1.54, 1.807) is 4.90 Å². The maximum absolute atomic E-state index is 13.0. The number of fused-ring (bicyclic) bond motifs is 1. The number of sulfonamides is 1. The molecule has 1 fully saturated rings. The van der Waals surface area contributed by atoms with E-state index >= 15 is 0 Å². The number of ether oxygens (including phenoxy) is 1. The first kappa shape index (κ1) is 21.8. The van der Waals surface area contributed by atoms with Gasteiger partial charge < -0.3 is 14.7 Å². The van der Waals surface area contributed by atoms with E-state index in [-0.39, 0.29) is 23.8 Å². The minimum atomic E-state index is -4.06. The maximum atomic E-state index is 13.0. The van der Waals surface area contributed by atoms with Crippen LogP contribution in [0.5, 0.6) is 0 Å². The average molecular weight is 465 g/mol. The van der Waals surface area contributed by atoms with Crippen molar-refractivity contribution in [1.29, 1.82) is 0 Å². The topological polar surface area (TPSA) is 104 Å². The molecule has 2 aliphatic rings. The number of hydrogen-bond acceptors (Lipinski definition) is 6. The van der Waals surface area contributed by atoms with Crippen LogP contribution in [0.2, 0.25) is 5.02 Å². The van der Waals surface area contributed by atoms with E-state index in [0.29, 0.717) is 11.6 Å². The second-order valence-corrected chi connectivity index (χ2v) is 9.79. The normalized spacial score (nSPS) is 21.2. The number of anilines is 1. The van der Waals surface area contributed by atoms with Crippen molar-refractivity contribution in [1.82, 2.24) is 4.31 Å². The molecule has 0 unspecified atom stereocenters. The number of esters is 1. The molecule has 0 radical (unpaired) electrons. The van der Waals surface area contributed by atoms with Crippen LogP contribution in [0.15, 0.2) is 53.4 Å². The standard InChI is InChI=1S/C21H21ClN2O6S/c22-15-5-7-17(8-6-15)31(28,29)24-12-16(25)11-19(24)21(27)30-13-20(26)23-10-9-14-3-1-2-4-18(14)23/h1-8,16,19,25H,9-13H2/t16-,19+/m1/s1. The molecule has 1 saturated heterocycles. The second-order valence-electron chi connectivity index (χ2n) is 7.47. The van der Waals surface area contributed by atoms with Gasteiger partial charge in [-0.25, -0.2) is 8.42 Å².